The SMILES string of the molecule is CN1CCSC1=NC(=O)CN.Cl.Cl. The Kier molecular flexibility index (Phi) is 8.87. The molecule has 0 aliphatic carbocycles. The molecule has 0 radical (unpaired) electrons. The summed E-state index contributed by atoms with van der Waals surface area (Å²) in [5, 5.41) is 0.792. The van der Waals surface area contributed by atoms with Crippen molar-refractivity contribution in [2.24, 2.45) is 10.7 Å². The van der Waals surface area contributed by atoms with Gasteiger partial charge in [-0.3, -0.25) is 4.79 Å². The van der Waals surface area contributed by atoms with Crippen molar-refractivity contribution >= 4 is 47.7 Å². The molecule has 1 fully saturated rings. The summed E-state index contributed by atoms with van der Waals surface area (Å²) in [6.07, 6.45) is 0. The average Bonchev–Trinajstić information content (AvgIpc) is 2.37. The normalized spacial score (nSPS) is 18.0. The first-order chi connectivity index (χ1) is 5.24. The molecular formula is C6H13Cl2N3OS. The Morgan fingerprint density at radius 3 is 2.69 bits per heavy atom. The van der Waals surface area contributed by atoms with Crippen molar-refractivity contribution in [2.75, 3.05) is 25.9 Å². The molecule has 1 saturated heterocycles. The first-order valence-corrected chi connectivity index (χ1v) is 4.38. The number of hydrogen-bond donors (Lipinski definition) is 1. The molecule has 78 valence electrons. The predicted octanol–water partition coefficient (Wildman–Crippen LogP) is 0.350. The number of rotatable bonds is 1. The zero-order valence-electron chi connectivity index (χ0n) is 7.23. The van der Waals surface area contributed by atoms with Gasteiger partial charge < -0.3 is 10.6 Å². The predicted molar refractivity (Wildman–Crippen MR) is 61.1 cm³/mol. The summed E-state index contributed by atoms with van der Waals surface area (Å²) in [4.78, 5) is 16.5. The van der Waals surface area contributed by atoms with E-state index in [1.807, 2.05) is 11.9 Å². The third-order valence-electron chi connectivity index (χ3n) is 1.38. The molecule has 7 heteroatoms. The number of thioether (sulfide) groups is 1. The van der Waals surface area contributed by atoms with E-state index in [4.69, 9.17) is 5.73 Å². The minimum Gasteiger partial charge on any atom is -0.353 e. The van der Waals surface area contributed by atoms with Gasteiger partial charge in [0, 0.05) is 19.3 Å². The number of hydrogen-bond acceptors (Lipinski definition) is 3. The first kappa shape index (κ1) is 15.5. The number of nitrogens with zero attached hydrogens (tertiary/aromatic N) is 2. The Morgan fingerprint density at radius 1 is 1.69 bits per heavy atom. The van der Waals surface area contributed by atoms with Gasteiger partial charge in [0.25, 0.3) is 5.91 Å². The molecular weight excluding hydrogens is 233 g/mol. The van der Waals surface area contributed by atoms with Crippen LogP contribution in [0.4, 0.5) is 0 Å². The molecule has 0 spiro atoms. The van der Waals surface area contributed by atoms with Crippen LogP contribution in [-0.4, -0.2) is 41.9 Å². The molecule has 2 N–H and O–H groups in total. The second-order valence-electron chi connectivity index (χ2n) is 2.26. The van der Waals surface area contributed by atoms with E-state index in [9.17, 15) is 4.79 Å². The van der Waals surface area contributed by atoms with Crippen LogP contribution < -0.4 is 5.73 Å². The van der Waals surface area contributed by atoms with Crippen LogP contribution in [0.25, 0.3) is 0 Å². The Hall–Kier alpha value is 0.0300. The van der Waals surface area contributed by atoms with E-state index < -0.39 is 0 Å². The van der Waals surface area contributed by atoms with Crippen molar-refractivity contribution < 1.29 is 4.79 Å². The lowest BCUT2D eigenvalue weighted by Crippen LogP contribution is -2.21. The topological polar surface area (TPSA) is 58.7 Å². The van der Waals surface area contributed by atoms with Gasteiger partial charge in [-0.15, -0.1) is 24.8 Å². The number of nitrogens with two attached hydrogens (primary N) is 1. The lowest BCUT2D eigenvalue weighted by molar-refractivity contribution is -0.116. The molecule has 13 heavy (non-hydrogen) atoms. The highest BCUT2D eigenvalue weighted by Crippen LogP contribution is 2.15. The Morgan fingerprint density at radius 2 is 2.31 bits per heavy atom. The first-order valence-electron chi connectivity index (χ1n) is 3.39. The van der Waals surface area contributed by atoms with E-state index in [1.54, 1.807) is 11.8 Å². The van der Waals surface area contributed by atoms with Crippen LogP contribution in [0.2, 0.25) is 0 Å². The third-order valence-corrected chi connectivity index (χ3v) is 2.43. The number of carbonyl (C=O) groups is 1. The Labute approximate surface area is 94.1 Å². The lowest BCUT2D eigenvalue weighted by atomic mass is 10.6. The van der Waals surface area contributed by atoms with Gasteiger partial charge in [-0.05, 0) is 0 Å². The molecule has 1 rings (SSSR count). The molecule has 1 aliphatic heterocycles. The fourth-order valence-corrected chi connectivity index (χ4v) is 1.78. The van der Waals surface area contributed by atoms with Crippen LogP contribution in [0, 0.1) is 0 Å². The van der Waals surface area contributed by atoms with Crippen LogP contribution in [-0.2, 0) is 4.79 Å². The van der Waals surface area contributed by atoms with Crippen molar-refractivity contribution in [2.45, 2.75) is 0 Å². The van der Waals surface area contributed by atoms with Crippen LogP contribution in [0.15, 0.2) is 4.99 Å². The minimum absolute atomic E-state index is 0. The molecule has 0 aromatic heterocycles. The van der Waals surface area contributed by atoms with Gasteiger partial charge in [0.05, 0.1) is 6.54 Å². The lowest BCUT2D eigenvalue weighted by Gasteiger charge is -2.07. The Bertz CT molecular complexity index is 200. The summed E-state index contributed by atoms with van der Waals surface area (Å²) in [5.41, 5.74) is 5.11. The Balaban J connectivity index is 0. The molecule has 0 unspecified atom stereocenters. The van der Waals surface area contributed by atoms with Gasteiger partial charge in [0.15, 0.2) is 5.17 Å². The van der Waals surface area contributed by atoms with Gasteiger partial charge in [-0.25, -0.2) is 0 Å². The summed E-state index contributed by atoms with van der Waals surface area (Å²) in [7, 11) is 1.92. The molecule has 4 nitrogen and oxygen atoms in total. The number of carbonyl (C=O) groups excluding carboxylic acids is 1. The molecule has 1 heterocycles. The molecule has 1 aliphatic rings. The molecule has 0 saturated carbocycles. The van der Waals surface area contributed by atoms with Gasteiger partial charge in [0.1, 0.15) is 0 Å². The number of amidine groups is 1. The van der Waals surface area contributed by atoms with Gasteiger partial charge >= 0.3 is 0 Å². The molecule has 1 amide bonds. The van der Waals surface area contributed by atoms with Gasteiger partial charge in [-0.1, -0.05) is 11.8 Å². The van der Waals surface area contributed by atoms with Crippen molar-refractivity contribution in [1.82, 2.24) is 4.90 Å². The van der Waals surface area contributed by atoms with E-state index in [0.717, 1.165) is 17.5 Å². The van der Waals surface area contributed by atoms with Crippen LogP contribution in [0.5, 0.6) is 0 Å². The van der Waals surface area contributed by atoms with Gasteiger partial charge in [0.2, 0.25) is 0 Å². The van der Waals surface area contributed by atoms with E-state index >= 15 is 0 Å². The fourth-order valence-electron chi connectivity index (χ4n) is 0.750. The third kappa shape index (κ3) is 4.71. The van der Waals surface area contributed by atoms with Crippen molar-refractivity contribution in [3.05, 3.63) is 0 Å². The van der Waals surface area contributed by atoms with Crippen molar-refractivity contribution in [1.29, 1.82) is 0 Å². The zero-order valence-corrected chi connectivity index (χ0v) is 9.68. The minimum atomic E-state index is -0.249. The van der Waals surface area contributed by atoms with E-state index in [1.165, 1.54) is 0 Å². The highest BCUT2D eigenvalue weighted by atomic mass is 35.5. The molecule has 0 atom stereocenters. The molecule has 0 bridgehead atoms. The monoisotopic (exact) mass is 245 g/mol. The second kappa shape index (κ2) is 7.44. The summed E-state index contributed by atoms with van der Waals surface area (Å²) >= 11 is 1.59. The second-order valence-corrected chi connectivity index (χ2v) is 3.32. The zero-order chi connectivity index (χ0) is 8.27. The maximum atomic E-state index is 10.8. The standard InChI is InChI=1S/C6H11N3OS.2ClH/c1-9-2-3-11-6(9)8-5(10)4-7;;/h2-4,7H2,1H3;2*1H. The summed E-state index contributed by atoms with van der Waals surface area (Å²) in [6, 6.07) is 0. The quantitative estimate of drug-likeness (QED) is 0.725. The molecule has 0 aromatic rings. The van der Waals surface area contributed by atoms with Crippen molar-refractivity contribution in [3.8, 4) is 0 Å². The highest BCUT2D eigenvalue weighted by Gasteiger charge is 2.15. The van der Waals surface area contributed by atoms with E-state index in [0.29, 0.717) is 0 Å². The highest BCUT2D eigenvalue weighted by molar-refractivity contribution is 8.14. The van der Waals surface area contributed by atoms with Crippen LogP contribution in [0.1, 0.15) is 0 Å². The summed E-state index contributed by atoms with van der Waals surface area (Å²) in [6.45, 7) is 0.958. The maximum Gasteiger partial charge on any atom is 0.261 e. The van der Waals surface area contributed by atoms with Crippen molar-refractivity contribution in [3.63, 3.8) is 0 Å². The number of halogens is 2. The summed E-state index contributed by atoms with van der Waals surface area (Å²) in [5.74, 6) is 0.758. The van der Waals surface area contributed by atoms with Gasteiger partial charge in [-0.2, -0.15) is 4.99 Å². The number of aliphatic imine (C=N–C) groups is 1. The van der Waals surface area contributed by atoms with E-state index in [-0.39, 0.29) is 37.3 Å². The summed E-state index contributed by atoms with van der Waals surface area (Å²) < 4.78 is 0. The fraction of sp³-hybridized carbons (Fsp3) is 0.667. The maximum absolute atomic E-state index is 10.8. The number of amides is 1. The largest absolute Gasteiger partial charge is 0.353 e. The molecule has 0 aromatic carbocycles. The van der Waals surface area contributed by atoms with Crippen LogP contribution >= 0.6 is 36.6 Å². The van der Waals surface area contributed by atoms with E-state index in [2.05, 4.69) is 4.99 Å². The smallest absolute Gasteiger partial charge is 0.261 e. The average molecular weight is 246 g/mol. The van der Waals surface area contributed by atoms with Crippen LogP contribution in [0.3, 0.4) is 0 Å².